The van der Waals surface area contributed by atoms with Gasteiger partial charge in [0.2, 0.25) is 11.9 Å². The predicted molar refractivity (Wildman–Crippen MR) is 115 cm³/mol. The fourth-order valence-corrected chi connectivity index (χ4v) is 2.12. The van der Waals surface area contributed by atoms with E-state index in [-0.39, 0.29) is 5.96 Å². The first-order valence-electron chi connectivity index (χ1n) is 10.2. The van der Waals surface area contributed by atoms with Crippen LogP contribution in [0, 0.1) is 0 Å². The molecule has 0 aliphatic rings. The van der Waals surface area contributed by atoms with Crippen molar-refractivity contribution < 1.29 is 33.8 Å². The molecule has 0 rings (SSSR count). The van der Waals surface area contributed by atoms with Crippen molar-refractivity contribution in [2.45, 2.75) is 84.8 Å². The van der Waals surface area contributed by atoms with Gasteiger partial charge in [0.15, 0.2) is 0 Å². The smallest absolute Gasteiger partial charge is 0.414 e. The zero-order chi connectivity index (χ0) is 24.1. The largest absolute Gasteiger partial charge is 0.481 e. The normalized spacial score (nSPS) is 11.2. The summed E-state index contributed by atoms with van der Waals surface area (Å²) in [6, 6.07) is 0. The molecule has 0 aliphatic carbocycles. The second kappa shape index (κ2) is 13.5. The van der Waals surface area contributed by atoms with E-state index in [1.807, 2.05) is 0 Å². The van der Waals surface area contributed by atoms with E-state index in [1.54, 1.807) is 41.5 Å². The summed E-state index contributed by atoms with van der Waals surface area (Å²) in [5.41, 5.74) is -1.41. The van der Waals surface area contributed by atoms with Crippen molar-refractivity contribution in [1.29, 1.82) is 0 Å². The summed E-state index contributed by atoms with van der Waals surface area (Å²) >= 11 is 0. The lowest BCUT2D eigenvalue weighted by atomic mass is 10.2. The molecule has 11 nitrogen and oxygen atoms in total. The van der Waals surface area contributed by atoms with Crippen LogP contribution in [0.1, 0.15) is 73.6 Å². The molecule has 0 aromatic heterocycles. The number of alkyl carbamates (subject to hydrolysis) is 2. The molecule has 0 atom stereocenters. The SMILES string of the molecule is CC(C)(C)OC(=O)NC(=NCCCCCCNC(=O)CC(=O)O)NC(=O)OC(C)(C)C. The summed E-state index contributed by atoms with van der Waals surface area (Å²) in [6.45, 7) is 11.0. The lowest BCUT2D eigenvalue weighted by Crippen LogP contribution is -2.47. The van der Waals surface area contributed by atoms with Crippen LogP contribution in [0.2, 0.25) is 0 Å². The first-order chi connectivity index (χ1) is 14.2. The van der Waals surface area contributed by atoms with Crippen molar-refractivity contribution in [2.75, 3.05) is 13.1 Å². The number of carboxylic acids is 1. The summed E-state index contributed by atoms with van der Waals surface area (Å²) in [6.07, 6.45) is 0.945. The first-order valence-corrected chi connectivity index (χ1v) is 10.2. The Balaban J connectivity index is 4.49. The molecule has 0 aromatic rings. The van der Waals surface area contributed by atoms with Crippen molar-refractivity contribution in [3.8, 4) is 0 Å². The fraction of sp³-hybridized carbons (Fsp3) is 0.750. The zero-order valence-corrected chi connectivity index (χ0v) is 19.3. The number of nitrogens with one attached hydrogen (secondary N) is 3. The molecular formula is C20H36N4O7. The number of carbonyl (C=O) groups is 4. The average molecular weight is 445 g/mol. The Hall–Kier alpha value is -2.85. The molecule has 31 heavy (non-hydrogen) atoms. The minimum atomic E-state index is -1.16. The van der Waals surface area contributed by atoms with Crippen LogP contribution in [0.3, 0.4) is 0 Å². The molecule has 0 aliphatic heterocycles. The number of amides is 3. The number of aliphatic carboxylic acids is 1. The van der Waals surface area contributed by atoms with E-state index >= 15 is 0 Å². The molecular weight excluding hydrogens is 408 g/mol. The van der Waals surface area contributed by atoms with Gasteiger partial charge in [-0.05, 0) is 54.4 Å². The van der Waals surface area contributed by atoms with E-state index in [0.717, 1.165) is 12.8 Å². The third kappa shape index (κ3) is 18.9. The molecule has 0 spiro atoms. The van der Waals surface area contributed by atoms with Crippen LogP contribution >= 0.6 is 0 Å². The fourth-order valence-electron chi connectivity index (χ4n) is 2.12. The lowest BCUT2D eigenvalue weighted by Gasteiger charge is -2.22. The Labute approximate surface area is 183 Å². The minimum Gasteiger partial charge on any atom is -0.481 e. The van der Waals surface area contributed by atoms with Crippen molar-refractivity contribution in [3.05, 3.63) is 0 Å². The molecule has 3 amide bonds. The maximum atomic E-state index is 12.0. The van der Waals surface area contributed by atoms with Gasteiger partial charge in [-0.3, -0.25) is 25.2 Å². The maximum Gasteiger partial charge on any atom is 0.414 e. The predicted octanol–water partition coefficient (Wildman–Crippen LogP) is 2.54. The number of hydrogen-bond acceptors (Lipinski definition) is 7. The van der Waals surface area contributed by atoms with Gasteiger partial charge < -0.3 is 19.9 Å². The van der Waals surface area contributed by atoms with Gasteiger partial charge in [0.1, 0.15) is 17.6 Å². The second-order valence-electron chi connectivity index (χ2n) is 8.82. The average Bonchev–Trinajstić information content (AvgIpc) is 2.52. The lowest BCUT2D eigenvalue weighted by molar-refractivity contribution is -0.140. The highest BCUT2D eigenvalue weighted by Crippen LogP contribution is 2.08. The van der Waals surface area contributed by atoms with Crippen molar-refractivity contribution in [1.82, 2.24) is 16.0 Å². The standard InChI is InChI=1S/C20H36N4O7/c1-19(2,3)30-17(28)23-16(24-18(29)31-20(4,5)6)22-12-10-8-7-9-11-21-14(25)13-15(26)27/h7-13H2,1-6H3,(H,21,25)(H,26,27)(H2,22,23,24,28,29). The number of carbonyl (C=O) groups excluding carboxylic acids is 3. The van der Waals surface area contributed by atoms with E-state index < -0.39 is 41.7 Å². The highest BCUT2D eigenvalue weighted by atomic mass is 16.6. The van der Waals surface area contributed by atoms with Gasteiger partial charge in [-0.15, -0.1) is 0 Å². The highest BCUT2D eigenvalue weighted by molar-refractivity contribution is 6.01. The minimum absolute atomic E-state index is 0.0653. The monoisotopic (exact) mass is 444 g/mol. The van der Waals surface area contributed by atoms with E-state index in [9.17, 15) is 19.2 Å². The van der Waals surface area contributed by atoms with Gasteiger partial charge in [-0.1, -0.05) is 12.8 Å². The number of guanidine groups is 1. The molecule has 0 bridgehead atoms. The summed E-state index contributed by atoms with van der Waals surface area (Å²) in [7, 11) is 0. The molecule has 178 valence electrons. The number of hydrogen-bond donors (Lipinski definition) is 4. The summed E-state index contributed by atoms with van der Waals surface area (Å²) in [5, 5.41) is 15.9. The molecule has 4 N–H and O–H groups in total. The highest BCUT2D eigenvalue weighted by Gasteiger charge is 2.21. The Morgan fingerprint density at radius 2 is 1.29 bits per heavy atom. The molecule has 0 fully saturated rings. The Morgan fingerprint density at radius 1 is 0.806 bits per heavy atom. The van der Waals surface area contributed by atoms with Gasteiger partial charge in [0.25, 0.3) is 0 Å². The third-order valence-electron chi connectivity index (χ3n) is 3.23. The third-order valence-corrected chi connectivity index (χ3v) is 3.23. The summed E-state index contributed by atoms with van der Waals surface area (Å²) in [5.74, 6) is -1.74. The number of aliphatic imine (C=N–C) groups is 1. The Morgan fingerprint density at radius 3 is 1.74 bits per heavy atom. The van der Waals surface area contributed by atoms with Crippen molar-refractivity contribution in [2.24, 2.45) is 4.99 Å². The van der Waals surface area contributed by atoms with Crippen molar-refractivity contribution >= 4 is 30.0 Å². The number of rotatable bonds is 9. The first kappa shape index (κ1) is 28.1. The van der Waals surface area contributed by atoms with E-state index in [4.69, 9.17) is 14.6 Å². The van der Waals surface area contributed by atoms with Gasteiger partial charge in [-0.25, -0.2) is 9.59 Å². The van der Waals surface area contributed by atoms with Crippen LogP contribution in [0.4, 0.5) is 9.59 Å². The van der Waals surface area contributed by atoms with E-state index in [1.165, 1.54) is 0 Å². The number of carboxylic acid groups (broad SMARTS) is 1. The Kier molecular flexibility index (Phi) is 12.2. The van der Waals surface area contributed by atoms with Crippen molar-refractivity contribution in [3.63, 3.8) is 0 Å². The zero-order valence-electron chi connectivity index (χ0n) is 19.3. The van der Waals surface area contributed by atoms with Crippen LogP contribution < -0.4 is 16.0 Å². The Bertz CT molecular complexity index is 617. The van der Waals surface area contributed by atoms with Crippen LogP contribution in [-0.4, -0.2) is 59.4 Å². The van der Waals surface area contributed by atoms with Crippen LogP contribution in [0.15, 0.2) is 4.99 Å². The number of nitrogens with zero attached hydrogens (tertiary/aromatic N) is 1. The molecule has 0 radical (unpaired) electrons. The topological polar surface area (TPSA) is 155 Å². The number of ether oxygens (including phenoxy) is 2. The quantitative estimate of drug-likeness (QED) is 0.184. The number of unbranched alkanes of at least 4 members (excludes halogenated alkanes) is 3. The van der Waals surface area contributed by atoms with Crippen LogP contribution in [-0.2, 0) is 19.1 Å². The molecule has 0 saturated heterocycles. The molecule has 11 heteroatoms. The molecule has 0 heterocycles. The molecule has 0 saturated carbocycles. The second-order valence-corrected chi connectivity index (χ2v) is 8.82. The summed E-state index contributed by atoms with van der Waals surface area (Å²) in [4.78, 5) is 49.8. The maximum absolute atomic E-state index is 12.0. The van der Waals surface area contributed by atoms with Gasteiger partial charge in [-0.2, -0.15) is 0 Å². The van der Waals surface area contributed by atoms with Gasteiger partial charge in [0, 0.05) is 13.1 Å². The van der Waals surface area contributed by atoms with Gasteiger partial charge >= 0.3 is 18.2 Å². The summed E-state index contributed by atoms with van der Waals surface area (Å²) < 4.78 is 10.3. The van der Waals surface area contributed by atoms with Crippen LogP contribution in [0.5, 0.6) is 0 Å². The van der Waals surface area contributed by atoms with E-state index in [0.29, 0.717) is 25.9 Å². The van der Waals surface area contributed by atoms with Gasteiger partial charge in [0.05, 0.1) is 0 Å². The molecule has 0 aromatic carbocycles. The molecule has 0 unspecified atom stereocenters. The van der Waals surface area contributed by atoms with E-state index in [2.05, 4.69) is 20.9 Å². The van der Waals surface area contributed by atoms with Crippen LogP contribution in [0.25, 0.3) is 0 Å².